The quantitative estimate of drug-likeness (QED) is 0.364. The molecule has 0 unspecified atom stereocenters. The first kappa shape index (κ1) is 25.3. The van der Waals surface area contributed by atoms with Gasteiger partial charge < -0.3 is 15.4 Å². The Labute approximate surface area is 201 Å². The van der Waals surface area contributed by atoms with Gasteiger partial charge in [0.15, 0.2) is 0 Å². The van der Waals surface area contributed by atoms with Gasteiger partial charge in [-0.2, -0.15) is 0 Å². The zero-order valence-electron chi connectivity index (χ0n) is 18.7. The summed E-state index contributed by atoms with van der Waals surface area (Å²) in [4.78, 5) is 24.5. The fourth-order valence-corrected chi connectivity index (χ4v) is 4.62. The molecule has 0 radical (unpaired) electrons. The van der Waals surface area contributed by atoms with Gasteiger partial charge in [0.05, 0.1) is 12.0 Å². The number of amides is 2. The average molecular weight is 504 g/mol. The average Bonchev–Trinajstić information content (AvgIpc) is 3.26. The maximum atomic E-state index is 12.3. The highest BCUT2D eigenvalue weighted by molar-refractivity contribution is 7.89. The van der Waals surface area contributed by atoms with Crippen LogP contribution < -0.4 is 20.1 Å². The Balaban J connectivity index is 1.40. The third kappa shape index (κ3) is 7.33. The molecule has 3 rings (SSSR count). The van der Waals surface area contributed by atoms with Gasteiger partial charge in [0, 0.05) is 31.5 Å². The zero-order valence-corrected chi connectivity index (χ0v) is 20.3. The van der Waals surface area contributed by atoms with Crippen LogP contribution in [0, 0.1) is 6.92 Å². The Hall–Kier alpha value is -3.35. The van der Waals surface area contributed by atoms with Crippen molar-refractivity contribution in [3.63, 3.8) is 0 Å². The van der Waals surface area contributed by atoms with Crippen LogP contribution in [0.2, 0.25) is 0 Å². The van der Waals surface area contributed by atoms with Gasteiger partial charge in [-0.25, -0.2) is 13.1 Å². The lowest BCUT2D eigenvalue weighted by atomic mass is 10.2. The minimum atomic E-state index is -3.61. The van der Waals surface area contributed by atoms with Gasteiger partial charge >= 0.3 is 0 Å². The molecule has 3 N–H and O–H groups in total. The van der Waals surface area contributed by atoms with Crippen LogP contribution in [0.4, 0.5) is 5.13 Å². The number of anilines is 1. The predicted molar refractivity (Wildman–Crippen MR) is 129 cm³/mol. The molecule has 2 aromatic carbocycles. The summed E-state index contributed by atoms with van der Waals surface area (Å²) in [5, 5.41) is 14.1. The van der Waals surface area contributed by atoms with E-state index in [4.69, 9.17) is 4.74 Å². The number of sulfonamides is 1. The lowest BCUT2D eigenvalue weighted by Gasteiger charge is -2.06. The molecule has 12 heteroatoms. The van der Waals surface area contributed by atoms with Gasteiger partial charge in [0.2, 0.25) is 21.1 Å². The summed E-state index contributed by atoms with van der Waals surface area (Å²) in [6.45, 7) is 2.18. The van der Waals surface area contributed by atoms with E-state index in [2.05, 4.69) is 25.6 Å². The number of nitrogens with one attached hydrogen (secondary N) is 3. The topological polar surface area (TPSA) is 139 Å². The Bertz CT molecular complexity index is 1240. The molecule has 0 fully saturated rings. The Morgan fingerprint density at radius 2 is 1.82 bits per heavy atom. The van der Waals surface area contributed by atoms with Crippen LogP contribution in [0.25, 0.3) is 0 Å². The Kier molecular flexibility index (Phi) is 8.68. The molecule has 0 spiro atoms. The standard InChI is InChI=1S/C22H25N5O5S2/c1-15-6-8-18(9-7-15)34(30,31)24-13-11-20-26-27-22(33-20)25-19(28)10-12-23-21(29)16-4-3-5-17(14-16)32-2/h3-9,14,24H,10-13H2,1-2H3,(H,23,29)(H,25,27,28). The second kappa shape index (κ2) is 11.7. The number of aryl methyl sites for hydroxylation is 1. The van der Waals surface area contributed by atoms with E-state index in [1.54, 1.807) is 48.5 Å². The monoisotopic (exact) mass is 503 g/mol. The minimum Gasteiger partial charge on any atom is -0.497 e. The molecule has 0 aliphatic rings. The molecule has 180 valence electrons. The third-order valence-electron chi connectivity index (χ3n) is 4.64. The van der Waals surface area contributed by atoms with Crippen LogP contribution in [0.5, 0.6) is 5.75 Å². The van der Waals surface area contributed by atoms with Crippen LogP contribution in [-0.4, -0.2) is 50.6 Å². The van der Waals surface area contributed by atoms with E-state index in [1.807, 2.05) is 6.92 Å². The summed E-state index contributed by atoms with van der Waals surface area (Å²) in [6, 6.07) is 13.3. The Morgan fingerprint density at radius 3 is 2.56 bits per heavy atom. The van der Waals surface area contributed by atoms with Crippen molar-refractivity contribution in [1.29, 1.82) is 0 Å². The molecule has 1 aromatic heterocycles. The molecule has 0 aliphatic carbocycles. The highest BCUT2D eigenvalue weighted by Crippen LogP contribution is 2.16. The Morgan fingerprint density at radius 1 is 1.06 bits per heavy atom. The van der Waals surface area contributed by atoms with Crippen molar-refractivity contribution in [3.05, 3.63) is 64.7 Å². The van der Waals surface area contributed by atoms with E-state index in [0.717, 1.165) is 16.9 Å². The lowest BCUT2D eigenvalue weighted by molar-refractivity contribution is -0.116. The number of benzene rings is 2. The summed E-state index contributed by atoms with van der Waals surface area (Å²) < 4.78 is 32.3. The van der Waals surface area contributed by atoms with E-state index in [0.29, 0.717) is 27.9 Å². The largest absolute Gasteiger partial charge is 0.497 e. The summed E-state index contributed by atoms with van der Waals surface area (Å²) in [7, 11) is -2.09. The van der Waals surface area contributed by atoms with Crippen LogP contribution in [0.15, 0.2) is 53.4 Å². The molecule has 0 aliphatic heterocycles. The highest BCUT2D eigenvalue weighted by atomic mass is 32.2. The van der Waals surface area contributed by atoms with E-state index in [1.165, 1.54) is 7.11 Å². The van der Waals surface area contributed by atoms with Gasteiger partial charge in [-0.15, -0.1) is 10.2 Å². The summed E-state index contributed by atoms with van der Waals surface area (Å²) in [5.74, 6) is -0.0628. The second-order valence-corrected chi connectivity index (χ2v) is 10.1. The molecule has 0 saturated carbocycles. The SMILES string of the molecule is COc1cccc(C(=O)NCCC(=O)Nc2nnc(CCNS(=O)(=O)c3ccc(C)cc3)s2)c1. The van der Waals surface area contributed by atoms with Crippen LogP contribution in [0.3, 0.4) is 0 Å². The molecule has 2 amide bonds. The minimum absolute atomic E-state index is 0.0565. The van der Waals surface area contributed by atoms with Crippen molar-refractivity contribution >= 4 is 38.3 Å². The van der Waals surface area contributed by atoms with E-state index in [9.17, 15) is 18.0 Å². The van der Waals surface area contributed by atoms with Gasteiger partial charge in [-0.1, -0.05) is 35.1 Å². The fraction of sp³-hybridized carbons (Fsp3) is 0.273. The predicted octanol–water partition coefficient (Wildman–Crippen LogP) is 2.13. The zero-order chi connectivity index (χ0) is 24.6. The van der Waals surface area contributed by atoms with Gasteiger partial charge in [-0.05, 0) is 37.3 Å². The van der Waals surface area contributed by atoms with E-state index < -0.39 is 10.0 Å². The molecule has 0 atom stereocenters. The number of methoxy groups -OCH3 is 1. The van der Waals surface area contributed by atoms with Crippen molar-refractivity contribution in [2.24, 2.45) is 0 Å². The first-order valence-electron chi connectivity index (χ1n) is 10.4. The van der Waals surface area contributed by atoms with Crippen LogP contribution >= 0.6 is 11.3 Å². The van der Waals surface area contributed by atoms with Crippen molar-refractivity contribution < 1.29 is 22.7 Å². The normalized spacial score (nSPS) is 11.1. The molecule has 0 bridgehead atoms. The molecule has 10 nitrogen and oxygen atoms in total. The molecule has 1 heterocycles. The van der Waals surface area contributed by atoms with E-state index in [-0.39, 0.29) is 36.2 Å². The van der Waals surface area contributed by atoms with E-state index >= 15 is 0 Å². The van der Waals surface area contributed by atoms with Gasteiger partial charge in [-0.3, -0.25) is 9.59 Å². The van der Waals surface area contributed by atoms with Crippen molar-refractivity contribution in [1.82, 2.24) is 20.2 Å². The van der Waals surface area contributed by atoms with Crippen molar-refractivity contribution in [3.8, 4) is 5.75 Å². The van der Waals surface area contributed by atoms with Crippen LogP contribution in [0.1, 0.15) is 27.3 Å². The third-order valence-corrected chi connectivity index (χ3v) is 7.02. The first-order chi connectivity index (χ1) is 16.3. The maximum Gasteiger partial charge on any atom is 0.251 e. The van der Waals surface area contributed by atoms with Crippen molar-refractivity contribution in [2.75, 3.05) is 25.5 Å². The summed E-state index contributed by atoms with van der Waals surface area (Å²) in [6.07, 6.45) is 0.385. The van der Waals surface area contributed by atoms with Gasteiger partial charge in [0.1, 0.15) is 10.8 Å². The second-order valence-electron chi connectivity index (χ2n) is 7.25. The highest BCUT2D eigenvalue weighted by Gasteiger charge is 2.14. The number of hydrogen-bond donors (Lipinski definition) is 3. The number of rotatable bonds is 11. The fourth-order valence-electron chi connectivity index (χ4n) is 2.84. The van der Waals surface area contributed by atoms with Crippen molar-refractivity contribution in [2.45, 2.75) is 24.7 Å². The lowest BCUT2D eigenvalue weighted by Crippen LogP contribution is -2.27. The molecule has 3 aromatic rings. The molecular weight excluding hydrogens is 478 g/mol. The number of carbonyl (C=O) groups excluding carboxylic acids is 2. The first-order valence-corrected chi connectivity index (χ1v) is 12.7. The summed E-state index contributed by atoms with van der Waals surface area (Å²) in [5.41, 5.74) is 1.41. The maximum absolute atomic E-state index is 12.3. The van der Waals surface area contributed by atoms with Gasteiger partial charge in [0.25, 0.3) is 5.91 Å². The summed E-state index contributed by atoms with van der Waals surface area (Å²) >= 11 is 1.16. The van der Waals surface area contributed by atoms with Crippen LogP contribution in [-0.2, 0) is 21.2 Å². The number of carbonyl (C=O) groups is 2. The molecular formula is C22H25N5O5S2. The smallest absolute Gasteiger partial charge is 0.251 e. The number of aromatic nitrogens is 2. The molecule has 34 heavy (non-hydrogen) atoms. The number of nitrogens with zero attached hydrogens (tertiary/aromatic N) is 2. The number of ether oxygens (including phenoxy) is 1. The molecule has 0 saturated heterocycles. The number of hydrogen-bond acceptors (Lipinski definition) is 8.